The van der Waals surface area contributed by atoms with Crippen molar-refractivity contribution in [3.05, 3.63) is 36.5 Å². The van der Waals surface area contributed by atoms with Crippen LogP contribution >= 0.6 is 0 Å². The van der Waals surface area contributed by atoms with Gasteiger partial charge >= 0.3 is 11.9 Å². The first-order valence-corrected chi connectivity index (χ1v) is 8.40. The summed E-state index contributed by atoms with van der Waals surface area (Å²) in [5, 5.41) is 22.4. The quantitative estimate of drug-likeness (QED) is 0.210. The maximum absolute atomic E-state index is 11.7. The van der Waals surface area contributed by atoms with E-state index in [1.807, 2.05) is 0 Å². The molecule has 12 nitrogen and oxygen atoms in total. The molecule has 0 aliphatic rings. The molecule has 0 spiro atoms. The highest BCUT2D eigenvalue weighted by Crippen LogP contribution is 1.94. The van der Waals surface area contributed by atoms with E-state index >= 15 is 0 Å². The normalized spacial score (nSPS) is 9.29. The van der Waals surface area contributed by atoms with E-state index in [0.29, 0.717) is 6.29 Å². The number of rotatable bonds is 11. The minimum Gasteiger partial charge on any atom is -0.483 e. The van der Waals surface area contributed by atoms with Crippen LogP contribution in [0.3, 0.4) is 0 Å². The number of methoxy groups -OCH3 is 1. The maximum atomic E-state index is 11.7. The van der Waals surface area contributed by atoms with Crippen molar-refractivity contribution >= 4 is 36.9 Å². The molecular weight excluding hydrogens is 418 g/mol. The van der Waals surface area contributed by atoms with Crippen molar-refractivity contribution in [1.82, 2.24) is 4.90 Å². The van der Waals surface area contributed by atoms with E-state index < -0.39 is 17.8 Å². The Balaban J connectivity index is -0.000000305. The van der Waals surface area contributed by atoms with Gasteiger partial charge in [0.25, 0.3) is 6.47 Å². The van der Waals surface area contributed by atoms with Crippen molar-refractivity contribution < 1.29 is 53.6 Å². The van der Waals surface area contributed by atoms with Crippen molar-refractivity contribution in [2.75, 3.05) is 40.5 Å². The number of ether oxygens (including phenoxy) is 2. The molecule has 12 heteroatoms. The van der Waals surface area contributed by atoms with E-state index in [2.05, 4.69) is 0 Å². The van der Waals surface area contributed by atoms with Gasteiger partial charge in [-0.05, 0) is 19.1 Å². The number of amides is 1. The third-order valence-corrected chi connectivity index (χ3v) is 2.43. The molecule has 0 unspecified atom stereocenters. The summed E-state index contributed by atoms with van der Waals surface area (Å²) in [5.41, 5.74) is 0. The summed E-state index contributed by atoms with van der Waals surface area (Å²) in [6.45, 7) is 2.02. The van der Waals surface area contributed by atoms with Crippen molar-refractivity contribution in [2.45, 2.75) is 6.92 Å². The van der Waals surface area contributed by atoms with Crippen LogP contribution in [0.15, 0.2) is 36.5 Å². The molecule has 0 aromatic heterocycles. The molecule has 0 radical (unpaired) electrons. The fourth-order valence-corrected chi connectivity index (χ4v) is 1.28. The zero-order valence-electron chi connectivity index (χ0n) is 17.6. The molecule has 0 saturated carbocycles. The van der Waals surface area contributed by atoms with Crippen LogP contribution in [0.25, 0.3) is 0 Å². The van der Waals surface area contributed by atoms with Crippen LogP contribution in [0, 0.1) is 0 Å². The van der Waals surface area contributed by atoms with Crippen LogP contribution in [0.4, 0.5) is 0 Å². The Morgan fingerprint density at radius 1 is 0.903 bits per heavy atom. The zero-order chi connectivity index (χ0) is 24.9. The predicted molar refractivity (Wildman–Crippen MR) is 109 cm³/mol. The highest BCUT2D eigenvalue weighted by atomic mass is 16.5. The summed E-state index contributed by atoms with van der Waals surface area (Å²) in [4.78, 5) is 62.1. The fraction of sp³-hybridized carbons (Fsp3) is 0.368. The minimum atomic E-state index is -1.24. The Hall–Kier alpha value is -3.64. The number of esters is 1. The van der Waals surface area contributed by atoms with Crippen molar-refractivity contribution in [3.8, 4) is 0 Å². The molecular formula is C19H29NO11. The minimum absolute atomic E-state index is 0.0762. The second kappa shape index (κ2) is 31.1. The number of nitrogens with zero attached hydrogens (tertiary/aromatic N) is 1. The molecule has 0 aliphatic carbocycles. The Kier molecular flexibility index (Phi) is 34.9. The largest absolute Gasteiger partial charge is 0.483 e. The van der Waals surface area contributed by atoms with E-state index in [0.717, 1.165) is 37.7 Å². The number of aliphatic hydroxyl groups is 1. The van der Waals surface area contributed by atoms with E-state index in [4.69, 9.17) is 29.6 Å². The average molecular weight is 447 g/mol. The second-order valence-electron chi connectivity index (χ2n) is 4.42. The molecule has 0 bridgehead atoms. The number of hydrogen-bond acceptors (Lipinski definition) is 9. The molecule has 0 aromatic carbocycles. The molecule has 0 aromatic rings. The third kappa shape index (κ3) is 34.3. The SMILES string of the molecule is C/C=C/C=O.CO.COCCN(CCOC(=O)/C=C/C=O)C(=O)/C=C/C(=O)O.O=CO. The van der Waals surface area contributed by atoms with Gasteiger partial charge in [0, 0.05) is 39.0 Å². The zero-order valence-corrected chi connectivity index (χ0v) is 17.6. The monoisotopic (exact) mass is 447 g/mol. The Morgan fingerprint density at radius 3 is 1.81 bits per heavy atom. The summed E-state index contributed by atoms with van der Waals surface area (Å²) in [7, 11) is 2.46. The summed E-state index contributed by atoms with van der Waals surface area (Å²) in [5.74, 6) is -2.48. The Labute approximate surface area is 180 Å². The summed E-state index contributed by atoms with van der Waals surface area (Å²) < 4.78 is 9.61. The lowest BCUT2D eigenvalue weighted by Crippen LogP contribution is -2.35. The van der Waals surface area contributed by atoms with Gasteiger partial charge in [0.2, 0.25) is 5.91 Å². The molecule has 31 heavy (non-hydrogen) atoms. The topological polar surface area (TPSA) is 185 Å². The van der Waals surface area contributed by atoms with E-state index in [1.165, 1.54) is 18.1 Å². The van der Waals surface area contributed by atoms with Gasteiger partial charge < -0.3 is 29.7 Å². The van der Waals surface area contributed by atoms with Gasteiger partial charge in [-0.1, -0.05) is 6.08 Å². The smallest absolute Gasteiger partial charge is 0.330 e. The van der Waals surface area contributed by atoms with Gasteiger partial charge in [0.05, 0.1) is 13.2 Å². The number of aldehydes is 2. The second-order valence-corrected chi connectivity index (χ2v) is 4.42. The average Bonchev–Trinajstić information content (AvgIpc) is 2.76. The lowest BCUT2D eigenvalue weighted by Gasteiger charge is -2.20. The number of aliphatic hydroxyl groups excluding tert-OH is 1. The van der Waals surface area contributed by atoms with E-state index in [1.54, 1.807) is 13.0 Å². The van der Waals surface area contributed by atoms with Gasteiger partial charge in [-0.3, -0.25) is 19.2 Å². The lowest BCUT2D eigenvalue weighted by molar-refractivity contribution is -0.140. The molecule has 176 valence electrons. The number of carboxylic acid groups (broad SMARTS) is 2. The highest BCUT2D eigenvalue weighted by Gasteiger charge is 2.11. The van der Waals surface area contributed by atoms with E-state index in [-0.39, 0.29) is 32.8 Å². The third-order valence-electron chi connectivity index (χ3n) is 2.43. The standard InChI is InChI=1S/C13H17NO7.C4H6O.CH2O2.CH4O/c1-20-9-6-14(11(16)4-5-12(17)18)7-10-21-13(19)3-2-8-15;1-2-3-4-5;2-1-3;1-2/h2-5,8H,6-7,9-10H2,1H3,(H,17,18);2-4H,1H3;1H,(H,2,3);2H,1H3/b3-2+,5-4+;3-2+;;. The molecule has 0 aliphatic heterocycles. The van der Waals surface area contributed by atoms with Crippen LogP contribution < -0.4 is 0 Å². The Bertz CT molecular complexity index is 583. The summed E-state index contributed by atoms with van der Waals surface area (Å²) >= 11 is 0. The summed E-state index contributed by atoms with van der Waals surface area (Å²) in [6, 6.07) is 0. The van der Waals surface area contributed by atoms with Crippen LogP contribution in [0.1, 0.15) is 6.92 Å². The number of hydrogen-bond donors (Lipinski definition) is 3. The molecule has 0 heterocycles. The molecule has 0 atom stereocenters. The van der Waals surface area contributed by atoms with Crippen molar-refractivity contribution in [1.29, 1.82) is 0 Å². The highest BCUT2D eigenvalue weighted by molar-refractivity contribution is 5.94. The maximum Gasteiger partial charge on any atom is 0.330 e. The van der Waals surface area contributed by atoms with Gasteiger partial charge in [0.1, 0.15) is 19.2 Å². The number of carbonyl (C=O) groups is 6. The van der Waals surface area contributed by atoms with Gasteiger partial charge in [0.15, 0.2) is 0 Å². The number of carbonyl (C=O) groups excluding carboxylic acids is 4. The van der Waals surface area contributed by atoms with Crippen LogP contribution in [0.5, 0.6) is 0 Å². The molecule has 3 N–H and O–H groups in total. The fourth-order valence-electron chi connectivity index (χ4n) is 1.28. The lowest BCUT2D eigenvalue weighted by atomic mass is 10.4. The summed E-state index contributed by atoms with van der Waals surface area (Å²) in [6.07, 6.45) is 7.90. The van der Waals surface area contributed by atoms with Crippen LogP contribution in [-0.4, -0.2) is 97.6 Å². The van der Waals surface area contributed by atoms with E-state index in [9.17, 15) is 24.0 Å². The van der Waals surface area contributed by atoms with Crippen molar-refractivity contribution in [3.63, 3.8) is 0 Å². The molecule has 0 fully saturated rings. The van der Waals surface area contributed by atoms with Gasteiger partial charge in [-0.15, -0.1) is 0 Å². The van der Waals surface area contributed by atoms with Crippen molar-refractivity contribution in [2.24, 2.45) is 0 Å². The number of carboxylic acids is 1. The van der Waals surface area contributed by atoms with Crippen LogP contribution in [-0.2, 0) is 38.2 Å². The predicted octanol–water partition coefficient (Wildman–Crippen LogP) is -0.529. The van der Waals surface area contributed by atoms with Crippen LogP contribution in [0.2, 0.25) is 0 Å². The molecule has 0 saturated heterocycles. The Morgan fingerprint density at radius 2 is 1.42 bits per heavy atom. The first-order valence-electron chi connectivity index (χ1n) is 8.40. The molecule has 0 rings (SSSR count). The first-order chi connectivity index (χ1) is 14.8. The first kappa shape index (κ1) is 34.8. The number of allylic oxidation sites excluding steroid dienone is 3. The molecule has 1 amide bonds. The van der Waals surface area contributed by atoms with Gasteiger partial charge in [-0.2, -0.15) is 0 Å². The van der Waals surface area contributed by atoms with Gasteiger partial charge in [-0.25, -0.2) is 9.59 Å². The number of aliphatic carboxylic acids is 1.